The highest BCUT2D eigenvalue weighted by atomic mass is 35.5. The maximum Gasteiger partial charge on any atom is 0.306 e. The first-order valence-electron chi connectivity index (χ1n) is 9.66. The van der Waals surface area contributed by atoms with Crippen LogP contribution in [0.4, 0.5) is 14.5 Å². The fourth-order valence-electron chi connectivity index (χ4n) is 4.00. The molecule has 1 aliphatic heterocycles. The van der Waals surface area contributed by atoms with Gasteiger partial charge in [-0.25, -0.2) is 8.78 Å². The van der Waals surface area contributed by atoms with Crippen LogP contribution in [0.25, 0.3) is 10.5 Å². The van der Waals surface area contributed by atoms with Crippen molar-refractivity contribution in [3.05, 3.63) is 63.4 Å². The molecule has 1 aromatic carbocycles. The summed E-state index contributed by atoms with van der Waals surface area (Å²) in [6.07, 6.45) is 5.24. The molecule has 0 radical (unpaired) electrons. The minimum Gasteiger partial charge on any atom is -0.338 e. The van der Waals surface area contributed by atoms with Crippen LogP contribution in [0.5, 0.6) is 0 Å². The van der Waals surface area contributed by atoms with Gasteiger partial charge in [0.2, 0.25) is 0 Å². The molecule has 0 bridgehead atoms. The van der Waals surface area contributed by atoms with Crippen molar-refractivity contribution in [2.24, 2.45) is 5.92 Å². The van der Waals surface area contributed by atoms with E-state index in [1.165, 1.54) is 25.0 Å². The number of fused-ring (bicyclic) bond motifs is 1. The van der Waals surface area contributed by atoms with Gasteiger partial charge in [0.25, 0.3) is 6.54 Å². The van der Waals surface area contributed by atoms with Gasteiger partial charge in [0.1, 0.15) is 17.5 Å². The van der Waals surface area contributed by atoms with Crippen molar-refractivity contribution in [2.75, 3.05) is 18.0 Å². The highest BCUT2D eigenvalue weighted by Gasteiger charge is 2.43. The highest BCUT2D eigenvalue weighted by molar-refractivity contribution is 6.34. The van der Waals surface area contributed by atoms with Gasteiger partial charge in [0, 0.05) is 29.9 Å². The van der Waals surface area contributed by atoms with Gasteiger partial charge in [-0.15, -0.1) is 10.2 Å². The molecule has 2 aliphatic rings. The molecular weight excluding hydrogens is 396 g/mol. The topological polar surface area (TPSA) is 37.8 Å². The quantitative estimate of drug-likeness (QED) is 0.622. The molecular formula is C21H19ClF2N5+. The molecule has 29 heavy (non-hydrogen) atoms. The number of hydrogen-bond donors (Lipinski definition) is 0. The van der Waals surface area contributed by atoms with E-state index >= 15 is 0 Å². The number of hydrogen-bond acceptors (Lipinski definition) is 3. The van der Waals surface area contributed by atoms with Crippen molar-refractivity contribution >= 4 is 22.9 Å². The van der Waals surface area contributed by atoms with Crippen LogP contribution in [0.1, 0.15) is 31.2 Å². The third-order valence-electron chi connectivity index (χ3n) is 5.71. The van der Waals surface area contributed by atoms with Gasteiger partial charge < -0.3 is 4.90 Å². The van der Waals surface area contributed by atoms with E-state index in [2.05, 4.69) is 21.1 Å². The lowest BCUT2D eigenvalue weighted by Gasteiger charge is -2.36. The van der Waals surface area contributed by atoms with Crippen LogP contribution in [0.2, 0.25) is 5.02 Å². The molecule has 0 amide bonds. The third kappa shape index (κ3) is 3.12. The lowest BCUT2D eigenvalue weighted by atomic mass is 9.90. The maximum atomic E-state index is 13.9. The second-order valence-electron chi connectivity index (χ2n) is 7.85. The first kappa shape index (κ1) is 18.3. The van der Waals surface area contributed by atoms with Crippen LogP contribution in [0.3, 0.4) is 0 Å². The Morgan fingerprint density at radius 2 is 2.00 bits per heavy atom. The monoisotopic (exact) mass is 414 g/mol. The Labute approximate surface area is 171 Å². The zero-order chi connectivity index (χ0) is 20.2. The SMILES string of the molecule is C[C@]1(c2ccn3c(CC4CC4)nnc3c2Cl)C#[N+]CCN1c1cc(F)cc(F)c1. The summed E-state index contributed by atoms with van der Waals surface area (Å²) in [6.45, 7) is 2.84. The Hall–Kier alpha value is -2.72. The molecule has 3 aromatic rings. The van der Waals surface area contributed by atoms with Crippen LogP contribution < -0.4 is 4.90 Å². The van der Waals surface area contributed by atoms with E-state index < -0.39 is 17.2 Å². The predicted molar refractivity (Wildman–Crippen MR) is 108 cm³/mol. The number of pyridine rings is 1. The van der Waals surface area contributed by atoms with E-state index in [0.29, 0.717) is 40.9 Å². The smallest absolute Gasteiger partial charge is 0.306 e. The van der Waals surface area contributed by atoms with E-state index in [1.54, 1.807) is 0 Å². The first-order valence-corrected chi connectivity index (χ1v) is 10.0. The van der Waals surface area contributed by atoms with Crippen LogP contribution in [0.15, 0.2) is 30.5 Å². The van der Waals surface area contributed by atoms with Gasteiger partial charge in [-0.3, -0.25) is 4.40 Å². The molecule has 8 heteroatoms. The number of halogens is 3. The zero-order valence-electron chi connectivity index (χ0n) is 15.9. The summed E-state index contributed by atoms with van der Waals surface area (Å²) >= 11 is 6.77. The summed E-state index contributed by atoms with van der Waals surface area (Å²) in [6, 6.07) is 8.49. The predicted octanol–water partition coefficient (Wildman–Crippen LogP) is 4.68. The standard InChI is InChI=1S/C21H19ClF2N5/c1-21(12-25-5-7-29(21)16-10-14(23)9-15(24)11-16)17-4-6-28-18(8-13-2-3-13)26-27-20(28)19(17)22/h4,6,9-11,13H,2-3,5,7-8H2,1H3/q+1/t21-/m1/s1. The average Bonchev–Trinajstić information content (AvgIpc) is 3.40. The molecule has 148 valence electrons. The molecule has 0 saturated heterocycles. The number of rotatable bonds is 4. The second kappa shape index (κ2) is 6.67. The summed E-state index contributed by atoms with van der Waals surface area (Å²) in [5.74, 6) is 0.309. The Kier molecular flexibility index (Phi) is 4.21. The minimum atomic E-state index is -0.903. The van der Waals surface area contributed by atoms with E-state index in [1.807, 2.05) is 28.5 Å². The summed E-state index contributed by atoms with van der Waals surface area (Å²) in [5, 5.41) is 9.05. The molecule has 0 spiro atoms. The Balaban J connectivity index is 1.62. The van der Waals surface area contributed by atoms with E-state index in [9.17, 15) is 8.78 Å². The molecule has 0 N–H and O–H groups in total. The molecule has 1 saturated carbocycles. The van der Waals surface area contributed by atoms with Gasteiger partial charge in [-0.2, -0.15) is 0 Å². The summed E-state index contributed by atoms with van der Waals surface area (Å²) < 4.78 is 29.7. The summed E-state index contributed by atoms with van der Waals surface area (Å²) in [4.78, 5) is 6.19. The van der Waals surface area contributed by atoms with Crippen molar-refractivity contribution in [3.63, 3.8) is 0 Å². The van der Waals surface area contributed by atoms with Gasteiger partial charge >= 0.3 is 6.07 Å². The molecule has 5 nitrogen and oxygen atoms in total. The molecule has 5 rings (SSSR count). The lowest BCUT2D eigenvalue weighted by Crippen LogP contribution is -2.46. The molecule has 2 aromatic heterocycles. The van der Waals surface area contributed by atoms with Gasteiger partial charge in [0.05, 0.1) is 11.6 Å². The minimum absolute atomic E-state index is 0.416. The average molecular weight is 415 g/mol. The van der Waals surface area contributed by atoms with E-state index in [0.717, 1.165) is 18.3 Å². The summed E-state index contributed by atoms with van der Waals surface area (Å²) in [7, 11) is 0. The molecule has 1 atom stereocenters. The van der Waals surface area contributed by atoms with E-state index in [-0.39, 0.29) is 0 Å². The number of benzene rings is 1. The first-order chi connectivity index (χ1) is 14.0. The number of aromatic nitrogens is 3. The van der Waals surface area contributed by atoms with Crippen molar-refractivity contribution in [1.82, 2.24) is 14.6 Å². The Bertz CT molecular complexity index is 1160. The summed E-state index contributed by atoms with van der Waals surface area (Å²) in [5.41, 5.74) is 0.795. The van der Waals surface area contributed by atoms with Gasteiger partial charge in [0.15, 0.2) is 11.2 Å². The van der Waals surface area contributed by atoms with Crippen LogP contribution >= 0.6 is 11.6 Å². The van der Waals surface area contributed by atoms with Gasteiger partial charge in [-0.05, 0) is 43.9 Å². The normalized spacial score (nSPS) is 21.3. The van der Waals surface area contributed by atoms with Crippen molar-refractivity contribution < 1.29 is 8.78 Å². The number of anilines is 1. The number of nitrogens with zero attached hydrogens (tertiary/aromatic N) is 5. The second-order valence-corrected chi connectivity index (χ2v) is 8.22. The van der Waals surface area contributed by atoms with E-state index in [4.69, 9.17) is 11.6 Å². The maximum absolute atomic E-state index is 13.9. The molecule has 1 aliphatic carbocycles. The molecule has 0 unspecified atom stereocenters. The van der Waals surface area contributed by atoms with Crippen LogP contribution in [-0.2, 0) is 12.0 Å². The van der Waals surface area contributed by atoms with Crippen LogP contribution in [0, 0.1) is 23.6 Å². The van der Waals surface area contributed by atoms with Crippen molar-refractivity contribution in [3.8, 4) is 6.07 Å². The largest absolute Gasteiger partial charge is 0.338 e. The fourth-order valence-corrected chi connectivity index (χ4v) is 4.38. The highest BCUT2D eigenvalue weighted by Crippen LogP contribution is 2.40. The van der Waals surface area contributed by atoms with Crippen molar-refractivity contribution in [1.29, 1.82) is 0 Å². The lowest BCUT2D eigenvalue weighted by molar-refractivity contribution is 0.541. The molecule has 1 fully saturated rings. The van der Waals surface area contributed by atoms with Crippen molar-refractivity contribution in [2.45, 2.75) is 31.7 Å². The fraction of sp³-hybridized carbons (Fsp3) is 0.381. The third-order valence-corrected chi connectivity index (χ3v) is 6.09. The van der Waals surface area contributed by atoms with Crippen LogP contribution in [-0.4, -0.2) is 27.7 Å². The Morgan fingerprint density at radius 3 is 2.72 bits per heavy atom. The Morgan fingerprint density at radius 1 is 1.24 bits per heavy atom. The zero-order valence-corrected chi connectivity index (χ0v) is 16.6. The molecule has 3 heterocycles. The van der Waals surface area contributed by atoms with Gasteiger partial charge in [-0.1, -0.05) is 16.4 Å².